The molecule has 0 bridgehead atoms. The van der Waals surface area contributed by atoms with Gasteiger partial charge in [-0.25, -0.2) is 4.79 Å². The van der Waals surface area contributed by atoms with E-state index in [0.29, 0.717) is 38.9 Å². The molecule has 1 saturated heterocycles. The number of amides is 2. The number of fused-ring (bicyclic) bond motifs is 1. The molecular weight excluding hydrogens is 346 g/mol. The van der Waals surface area contributed by atoms with Crippen molar-refractivity contribution >= 4 is 11.8 Å². The summed E-state index contributed by atoms with van der Waals surface area (Å²) >= 11 is 0. The lowest BCUT2D eigenvalue weighted by Crippen LogP contribution is -2.46. The highest BCUT2D eigenvalue weighted by Gasteiger charge is 2.23. The normalized spacial score (nSPS) is 16.7. The quantitative estimate of drug-likeness (QED) is 0.857. The summed E-state index contributed by atoms with van der Waals surface area (Å²) in [7, 11) is 0. The van der Waals surface area contributed by atoms with Crippen molar-refractivity contribution < 1.29 is 14.3 Å². The molecule has 1 aromatic heterocycles. The highest BCUT2D eigenvalue weighted by atomic mass is 16.6. The summed E-state index contributed by atoms with van der Waals surface area (Å²) in [6.07, 6.45) is 3.42. The van der Waals surface area contributed by atoms with Crippen LogP contribution in [-0.2, 0) is 6.54 Å². The number of hydrogen-bond acceptors (Lipinski definition) is 6. The summed E-state index contributed by atoms with van der Waals surface area (Å²) in [5.74, 6) is 2.27. The smallest absolute Gasteiger partial charge is 0.317 e. The van der Waals surface area contributed by atoms with Crippen LogP contribution in [0.5, 0.6) is 11.5 Å². The minimum Gasteiger partial charge on any atom is -0.486 e. The van der Waals surface area contributed by atoms with Gasteiger partial charge in [0.15, 0.2) is 11.5 Å². The van der Waals surface area contributed by atoms with E-state index >= 15 is 0 Å². The van der Waals surface area contributed by atoms with Crippen LogP contribution in [-0.4, -0.2) is 53.5 Å². The standard InChI is InChI=1S/C19H23N5O3/c25-19(20-13-14-3-4-16-17(12-14)27-11-10-26-16)24-8-5-15(6-9-24)22-18-2-1-7-21-23-18/h1-4,7,12,15H,5-6,8-11,13H2,(H,20,25)(H,22,23). The summed E-state index contributed by atoms with van der Waals surface area (Å²) < 4.78 is 11.1. The first-order valence-electron chi connectivity index (χ1n) is 9.23. The molecule has 2 aliphatic rings. The lowest BCUT2D eigenvalue weighted by molar-refractivity contribution is 0.171. The van der Waals surface area contributed by atoms with Gasteiger partial charge in [-0.05, 0) is 42.7 Å². The van der Waals surface area contributed by atoms with E-state index in [1.54, 1.807) is 6.20 Å². The van der Waals surface area contributed by atoms with Crippen LogP contribution in [0.2, 0.25) is 0 Å². The molecule has 2 amide bonds. The average Bonchev–Trinajstić information content (AvgIpc) is 2.73. The minimum absolute atomic E-state index is 0.0390. The Morgan fingerprint density at radius 2 is 1.96 bits per heavy atom. The van der Waals surface area contributed by atoms with Crippen LogP contribution in [0.25, 0.3) is 0 Å². The number of aromatic nitrogens is 2. The zero-order valence-corrected chi connectivity index (χ0v) is 15.1. The van der Waals surface area contributed by atoms with Crippen molar-refractivity contribution in [3.8, 4) is 11.5 Å². The predicted octanol–water partition coefficient (Wildman–Crippen LogP) is 2.03. The van der Waals surface area contributed by atoms with Gasteiger partial charge in [0.25, 0.3) is 0 Å². The number of anilines is 1. The molecule has 2 aliphatic heterocycles. The predicted molar refractivity (Wildman–Crippen MR) is 99.9 cm³/mol. The molecule has 2 aromatic rings. The molecule has 3 heterocycles. The first kappa shape index (κ1) is 17.4. The summed E-state index contributed by atoms with van der Waals surface area (Å²) in [6, 6.07) is 9.79. The number of piperidine rings is 1. The molecule has 0 unspecified atom stereocenters. The van der Waals surface area contributed by atoms with E-state index in [2.05, 4.69) is 20.8 Å². The van der Waals surface area contributed by atoms with Gasteiger partial charge in [0, 0.05) is 31.9 Å². The first-order valence-corrected chi connectivity index (χ1v) is 9.23. The maximum Gasteiger partial charge on any atom is 0.317 e. The van der Waals surface area contributed by atoms with Crippen LogP contribution in [0.15, 0.2) is 36.5 Å². The maximum atomic E-state index is 12.4. The van der Waals surface area contributed by atoms with Crippen LogP contribution in [0.4, 0.5) is 10.6 Å². The first-order chi connectivity index (χ1) is 13.3. The highest BCUT2D eigenvalue weighted by Crippen LogP contribution is 2.30. The van der Waals surface area contributed by atoms with E-state index in [-0.39, 0.29) is 6.03 Å². The van der Waals surface area contributed by atoms with Gasteiger partial charge in [-0.1, -0.05) is 6.07 Å². The number of carbonyl (C=O) groups excluding carboxylic acids is 1. The molecule has 0 atom stereocenters. The van der Waals surface area contributed by atoms with Crippen molar-refractivity contribution in [3.63, 3.8) is 0 Å². The number of likely N-dealkylation sites (tertiary alicyclic amines) is 1. The second-order valence-electron chi connectivity index (χ2n) is 6.65. The number of nitrogens with zero attached hydrogens (tertiary/aromatic N) is 3. The average molecular weight is 369 g/mol. The Balaban J connectivity index is 1.24. The fraction of sp³-hybridized carbons (Fsp3) is 0.421. The van der Waals surface area contributed by atoms with E-state index in [4.69, 9.17) is 9.47 Å². The van der Waals surface area contributed by atoms with Gasteiger partial charge < -0.3 is 25.0 Å². The molecule has 142 valence electrons. The second-order valence-corrected chi connectivity index (χ2v) is 6.65. The zero-order valence-electron chi connectivity index (χ0n) is 15.1. The number of nitrogens with one attached hydrogen (secondary N) is 2. The minimum atomic E-state index is -0.0390. The Morgan fingerprint density at radius 3 is 2.74 bits per heavy atom. The van der Waals surface area contributed by atoms with E-state index in [9.17, 15) is 4.79 Å². The van der Waals surface area contributed by atoms with E-state index < -0.39 is 0 Å². The van der Waals surface area contributed by atoms with Gasteiger partial charge in [0.1, 0.15) is 19.0 Å². The summed E-state index contributed by atoms with van der Waals surface area (Å²) in [5.41, 5.74) is 0.992. The topological polar surface area (TPSA) is 88.6 Å². The van der Waals surface area contributed by atoms with Gasteiger partial charge in [-0.15, -0.1) is 5.10 Å². The van der Waals surface area contributed by atoms with Crippen LogP contribution in [0, 0.1) is 0 Å². The number of ether oxygens (including phenoxy) is 2. The molecule has 8 heteroatoms. The summed E-state index contributed by atoms with van der Waals surface area (Å²) in [4.78, 5) is 14.3. The maximum absolute atomic E-state index is 12.4. The molecule has 0 aliphatic carbocycles. The number of hydrogen-bond donors (Lipinski definition) is 2. The largest absolute Gasteiger partial charge is 0.486 e. The molecule has 1 aromatic carbocycles. The Bertz CT molecular complexity index is 778. The van der Waals surface area contributed by atoms with Crippen LogP contribution in [0.1, 0.15) is 18.4 Å². The van der Waals surface area contributed by atoms with Gasteiger partial charge in [0.2, 0.25) is 0 Å². The van der Waals surface area contributed by atoms with Crippen molar-refractivity contribution in [3.05, 3.63) is 42.1 Å². The van der Waals surface area contributed by atoms with Crippen molar-refractivity contribution in [1.29, 1.82) is 0 Å². The van der Waals surface area contributed by atoms with Crippen molar-refractivity contribution in [2.24, 2.45) is 0 Å². The molecule has 8 nitrogen and oxygen atoms in total. The van der Waals surface area contributed by atoms with E-state index in [0.717, 1.165) is 35.7 Å². The molecule has 0 spiro atoms. The van der Waals surface area contributed by atoms with Gasteiger partial charge in [0.05, 0.1) is 0 Å². The molecule has 27 heavy (non-hydrogen) atoms. The lowest BCUT2D eigenvalue weighted by atomic mass is 10.1. The highest BCUT2D eigenvalue weighted by molar-refractivity contribution is 5.74. The van der Waals surface area contributed by atoms with Gasteiger partial charge >= 0.3 is 6.03 Å². The second kappa shape index (κ2) is 8.11. The molecule has 2 N–H and O–H groups in total. The Morgan fingerprint density at radius 1 is 1.15 bits per heavy atom. The summed E-state index contributed by atoms with van der Waals surface area (Å²) in [6.45, 7) is 3.02. The number of urea groups is 1. The van der Waals surface area contributed by atoms with Gasteiger partial charge in [-0.3, -0.25) is 0 Å². The number of rotatable bonds is 4. The molecule has 4 rings (SSSR count). The van der Waals surface area contributed by atoms with Crippen molar-refractivity contribution in [1.82, 2.24) is 20.4 Å². The lowest BCUT2D eigenvalue weighted by Gasteiger charge is -2.32. The van der Waals surface area contributed by atoms with E-state index in [1.165, 1.54) is 0 Å². The number of carbonyl (C=O) groups is 1. The van der Waals surface area contributed by atoms with Crippen LogP contribution >= 0.6 is 0 Å². The third kappa shape index (κ3) is 4.39. The molecular formula is C19H23N5O3. The molecule has 0 saturated carbocycles. The van der Waals surface area contributed by atoms with E-state index in [1.807, 2.05) is 35.2 Å². The zero-order chi connectivity index (χ0) is 18.5. The fourth-order valence-corrected chi connectivity index (χ4v) is 3.30. The van der Waals surface area contributed by atoms with Gasteiger partial charge in [-0.2, -0.15) is 5.10 Å². The van der Waals surface area contributed by atoms with Crippen LogP contribution < -0.4 is 20.1 Å². The SMILES string of the molecule is O=C(NCc1ccc2c(c1)OCCO2)N1CCC(Nc2cccnn2)CC1. The third-order valence-electron chi connectivity index (χ3n) is 4.76. The Hall–Kier alpha value is -3.03. The fourth-order valence-electron chi connectivity index (χ4n) is 3.30. The molecule has 1 fully saturated rings. The summed E-state index contributed by atoms with van der Waals surface area (Å²) in [5, 5.41) is 14.3. The number of benzene rings is 1. The van der Waals surface area contributed by atoms with Crippen molar-refractivity contribution in [2.75, 3.05) is 31.6 Å². The third-order valence-corrected chi connectivity index (χ3v) is 4.76. The molecule has 0 radical (unpaired) electrons. The Labute approximate surface area is 157 Å². The Kier molecular flexibility index (Phi) is 5.22. The van der Waals surface area contributed by atoms with Crippen molar-refractivity contribution in [2.45, 2.75) is 25.4 Å². The van der Waals surface area contributed by atoms with Crippen LogP contribution in [0.3, 0.4) is 0 Å². The monoisotopic (exact) mass is 369 g/mol.